The number of hydrogen-bond donors (Lipinski definition) is 1. The summed E-state index contributed by atoms with van der Waals surface area (Å²) in [6.45, 7) is 9.93. The van der Waals surface area contributed by atoms with Crippen molar-refractivity contribution in [3.63, 3.8) is 0 Å². The van der Waals surface area contributed by atoms with Gasteiger partial charge in [-0.3, -0.25) is 4.68 Å². The van der Waals surface area contributed by atoms with Crippen LogP contribution in [0.5, 0.6) is 0 Å². The standard InChI is InChI=1S/C12H22N4O/c1-6-16(7-2)12(17)13-8-11-9(3)14-15(5)10(11)4/h6-8H2,1-5H3,(H,13,17). The third-order valence-corrected chi connectivity index (χ3v) is 3.13. The molecule has 5 heteroatoms. The van der Waals surface area contributed by atoms with Gasteiger partial charge in [-0.25, -0.2) is 4.79 Å². The molecule has 0 bridgehead atoms. The first-order valence-electron chi connectivity index (χ1n) is 6.03. The second kappa shape index (κ2) is 5.70. The van der Waals surface area contributed by atoms with Gasteiger partial charge in [0.15, 0.2) is 0 Å². The number of amides is 2. The molecule has 0 saturated carbocycles. The number of rotatable bonds is 4. The van der Waals surface area contributed by atoms with Crippen LogP contribution in [0, 0.1) is 13.8 Å². The normalized spacial score (nSPS) is 10.4. The van der Waals surface area contributed by atoms with Gasteiger partial charge in [-0.1, -0.05) is 0 Å². The molecule has 1 aromatic heterocycles. The van der Waals surface area contributed by atoms with Gasteiger partial charge >= 0.3 is 6.03 Å². The van der Waals surface area contributed by atoms with Crippen LogP contribution in [0.25, 0.3) is 0 Å². The van der Waals surface area contributed by atoms with Crippen molar-refractivity contribution in [2.75, 3.05) is 13.1 Å². The van der Waals surface area contributed by atoms with Gasteiger partial charge in [0, 0.05) is 37.9 Å². The highest BCUT2D eigenvalue weighted by Crippen LogP contribution is 2.11. The molecular weight excluding hydrogens is 216 g/mol. The fourth-order valence-electron chi connectivity index (χ4n) is 1.86. The third-order valence-electron chi connectivity index (χ3n) is 3.13. The van der Waals surface area contributed by atoms with E-state index in [1.807, 2.05) is 39.4 Å². The van der Waals surface area contributed by atoms with Gasteiger partial charge in [-0.2, -0.15) is 5.10 Å². The molecule has 17 heavy (non-hydrogen) atoms. The molecule has 0 unspecified atom stereocenters. The molecular formula is C12H22N4O. The first-order valence-corrected chi connectivity index (χ1v) is 6.03. The van der Waals surface area contributed by atoms with Crippen LogP contribution in [0.2, 0.25) is 0 Å². The molecule has 0 aliphatic carbocycles. The van der Waals surface area contributed by atoms with Crippen LogP contribution in [0.4, 0.5) is 4.79 Å². The summed E-state index contributed by atoms with van der Waals surface area (Å²) < 4.78 is 1.84. The Labute approximate surface area is 103 Å². The van der Waals surface area contributed by atoms with E-state index in [9.17, 15) is 4.79 Å². The molecule has 0 atom stereocenters. The van der Waals surface area contributed by atoms with Crippen LogP contribution in [0.15, 0.2) is 0 Å². The molecule has 0 saturated heterocycles. The summed E-state index contributed by atoms with van der Waals surface area (Å²) in [5.41, 5.74) is 3.18. The Hall–Kier alpha value is -1.52. The van der Waals surface area contributed by atoms with Crippen molar-refractivity contribution < 1.29 is 4.79 Å². The van der Waals surface area contributed by atoms with Crippen LogP contribution >= 0.6 is 0 Å². The number of urea groups is 1. The van der Waals surface area contributed by atoms with Crippen LogP contribution in [-0.4, -0.2) is 33.8 Å². The van der Waals surface area contributed by atoms with E-state index >= 15 is 0 Å². The van der Waals surface area contributed by atoms with Crippen molar-refractivity contribution in [3.8, 4) is 0 Å². The van der Waals surface area contributed by atoms with Gasteiger partial charge in [0.05, 0.1) is 5.69 Å². The minimum absolute atomic E-state index is 0.0161. The average Bonchev–Trinajstić information content (AvgIpc) is 2.53. The Kier molecular flexibility index (Phi) is 4.54. The number of carbonyl (C=O) groups excluding carboxylic acids is 1. The van der Waals surface area contributed by atoms with Crippen molar-refractivity contribution in [3.05, 3.63) is 17.0 Å². The van der Waals surface area contributed by atoms with Gasteiger partial charge in [0.2, 0.25) is 0 Å². The second-order valence-electron chi connectivity index (χ2n) is 4.10. The topological polar surface area (TPSA) is 50.2 Å². The van der Waals surface area contributed by atoms with E-state index in [1.165, 1.54) is 0 Å². The van der Waals surface area contributed by atoms with E-state index in [-0.39, 0.29) is 6.03 Å². The number of nitrogens with zero attached hydrogens (tertiary/aromatic N) is 3. The van der Waals surface area contributed by atoms with Gasteiger partial charge < -0.3 is 10.2 Å². The summed E-state index contributed by atoms with van der Waals surface area (Å²) in [5.74, 6) is 0. The highest BCUT2D eigenvalue weighted by atomic mass is 16.2. The molecule has 2 amide bonds. The maximum atomic E-state index is 11.8. The molecule has 0 spiro atoms. The molecule has 1 aromatic rings. The van der Waals surface area contributed by atoms with E-state index in [0.717, 1.165) is 30.0 Å². The summed E-state index contributed by atoms with van der Waals surface area (Å²) in [5, 5.41) is 7.26. The first-order chi connectivity index (χ1) is 8.01. The van der Waals surface area contributed by atoms with Crippen molar-refractivity contribution in [1.82, 2.24) is 20.0 Å². The lowest BCUT2D eigenvalue weighted by Crippen LogP contribution is -2.39. The maximum Gasteiger partial charge on any atom is 0.317 e. The van der Waals surface area contributed by atoms with Gasteiger partial charge in [-0.05, 0) is 27.7 Å². The predicted octanol–water partition coefficient (Wildman–Crippen LogP) is 1.59. The SMILES string of the molecule is CCN(CC)C(=O)NCc1c(C)nn(C)c1C. The highest BCUT2D eigenvalue weighted by molar-refractivity contribution is 5.74. The summed E-state index contributed by atoms with van der Waals surface area (Å²) in [4.78, 5) is 13.6. The quantitative estimate of drug-likeness (QED) is 0.866. The number of aromatic nitrogens is 2. The largest absolute Gasteiger partial charge is 0.334 e. The molecule has 1 heterocycles. The van der Waals surface area contributed by atoms with E-state index in [0.29, 0.717) is 6.54 Å². The smallest absolute Gasteiger partial charge is 0.317 e. The van der Waals surface area contributed by atoms with Crippen LogP contribution in [0.3, 0.4) is 0 Å². The summed E-state index contributed by atoms with van der Waals surface area (Å²) in [6.07, 6.45) is 0. The third kappa shape index (κ3) is 2.99. The lowest BCUT2D eigenvalue weighted by atomic mass is 10.2. The summed E-state index contributed by atoms with van der Waals surface area (Å²) in [6, 6.07) is -0.0161. The maximum absolute atomic E-state index is 11.8. The Balaban J connectivity index is 2.64. The molecule has 0 aromatic carbocycles. The van der Waals surface area contributed by atoms with Crippen molar-refractivity contribution in [2.24, 2.45) is 7.05 Å². The van der Waals surface area contributed by atoms with Gasteiger partial charge in [0.1, 0.15) is 0 Å². The van der Waals surface area contributed by atoms with E-state index < -0.39 is 0 Å². The zero-order valence-corrected chi connectivity index (χ0v) is 11.4. The number of carbonyl (C=O) groups is 1. The Morgan fingerprint density at radius 3 is 2.35 bits per heavy atom. The van der Waals surface area contributed by atoms with E-state index in [1.54, 1.807) is 4.90 Å². The second-order valence-corrected chi connectivity index (χ2v) is 4.10. The Morgan fingerprint density at radius 1 is 1.35 bits per heavy atom. The number of nitrogens with one attached hydrogen (secondary N) is 1. The fraction of sp³-hybridized carbons (Fsp3) is 0.667. The lowest BCUT2D eigenvalue weighted by molar-refractivity contribution is 0.203. The highest BCUT2D eigenvalue weighted by Gasteiger charge is 2.12. The van der Waals surface area contributed by atoms with E-state index in [2.05, 4.69) is 10.4 Å². The van der Waals surface area contributed by atoms with Gasteiger partial charge in [-0.15, -0.1) is 0 Å². The molecule has 0 radical (unpaired) electrons. The Bertz CT molecular complexity index is 393. The minimum Gasteiger partial charge on any atom is -0.334 e. The minimum atomic E-state index is -0.0161. The number of aryl methyl sites for hydroxylation is 2. The van der Waals surface area contributed by atoms with Crippen LogP contribution in [-0.2, 0) is 13.6 Å². The Morgan fingerprint density at radius 2 is 1.94 bits per heavy atom. The molecule has 0 fully saturated rings. The lowest BCUT2D eigenvalue weighted by Gasteiger charge is -2.19. The monoisotopic (exact) mass is 238 g/mol. The molecule has 5 nitrogen and oxygen atoms in total. The van der Waals surface area contributed by atoms with E-state index in [4.69, 9.17) is 0 Å². The average molecular weight is 238 g/mol. The summed E-state index contributed by atoms with van der Waals surface area (Å²) in [7, 11) is 1.91. The number of hydrogen-bond acceptors (Lipinski definition) is 2. The van der Waals surface area contributed by atoms with Crippen LogP contribution < -0.4 is 5.32 Å². The summed E-state index contributed by atoms with van der Waals surface area (Å²) >= 11 is 0. The van der Waals surface area contributed by atoms with Crippen LogP contribution in [0.1, 0.15) is 30.8 Å². The molecule has 96 valence electrons. The molecule has 0 aliphatic heterocycles. The zero-order chi connectivity index (χ0) is 13.0. The predicted molar refractivity (Wildman–Crippen MR) is 67.8 cm³/mol. The van der Waals surface area contributed by atoms with Gasteiger partial charge in [0.25, 0.3) is 0 Å². The molecule has 0 aliphatic rings. The van der Waals surface area contributed by atoms with Crippen molar-refractivity contribution in [2.45, 2.75) is 34.2 Å². The zero-order valence-electron chi connectivity index (χ0n) is 11.4. The fourth-order valence-corrected chi connectivity index (χ4v) is 1.86. The molecule has 1 N–H and O–H groups in total. The first kappa shape index (κ1) is 13.5. The van der Waals surface area contributed by atoms with Crippen molar-refractivity contribution >= 4 is 6.03 Å². The molecule has 1 rings (SSSR count). The van der Waals surface area contributed by atoms with Crippen molar-refractivity contribution in [1.29, 1.82) is 0 Å².